The van der Waals surface area contributed by atoms with Crippen molar-refractivity contribution >= 4 is 11.9 Å². The Morgan fingerprint density at radius 2 is 1.91 bits per heavy atom. The Labute approximate surface area is 130 Å². The smallest absolute Gasteiger partial charge is 0.323 e. The molecule has 5 nitrogen and oxygen atoms in total. The van der Waals surface area contributed by atoms with E-state index in [9.17, 15) is 9.59 Å². The zero-order chi connectivity index (χ0) is 16.3. The molecule has 1 atom stereocenters. The van der Waals surface area contributed by atoms with Gasteiger partial charge in [0.15, 0.2) is 0 Å². The van der Waals surface area contributed by atoms with E-state index >= 15 is 0 Å². The van der Waals surface area contributed by atoms with E-state index in [2.05, 4.69) is 19.2 Å². The Morgan fingerprint density at radius 3 is 2.45 bits per heavy atom. The summed E-state index contributed by atoms with van der Waals surface area (Å²) in [5.74, 6) is 0.302. The topological polar surface area (TPSA) is 73.2 Å². The van der Waals surface area contributed by atoms with E-state index in [1.165, 1.54) is 4.90 Å². The fourth-order valence-corrected chi connectivity index (χ4v) is 2.50. The number of carbonyl (C=O) groups is 2. The number of imide groups is 1. The summed E-state index contributed by atoms with van der Waals surface area (Å²) in [5, 5.41) is 11.6. The maximum absolute atomic E-state index is 12.6. The van der Waals surface area contributed by atoms with Gasteiger partial charge in [-0.15, -0.1) is 0 Å². The molecule has 0 aliphatic carbocycles. The van der Waals surface area contributed by atoms with Crippen LogP contribution >= 0.6 is 0 Å². The number of urea groups is 1. The molecule has 1 fully saturated rings. The minimum absolute atomic E-state index is 0.178. The zero-order valence-electron chi connectivity index (χ0n) is 13.2. The number of nitrogens with zero attached hydrogens (tertiary/aromatic N) is 2. The second kappa shape index (κ2) is 6.18. The number of benzene rings is 1. The van der Waals surface area contributed by atoms with Gasteiger partial charge in [0.2, 0.25) is 0 Å². The van der Waals surface area contributed by atoms with Crippen LogP contribution in [0.15, 0.2) is 24.3 Å². The molecule has 3 amide bonds. The molecule has 0 saturated carbocycles. The van der Waals surface area contributed by atoms with Crippen molar-refractivity contribution in [2.24, 2.45) is 5.92 Å². The number of hydrogen-bond donors (Lipinski definition) is 1. The van der Waals surface area contributed by atoms with Crippen molar-refractivity contribution in [3.05, 3.63) is 35.4 Å². The van der Waals surface area contributed by atoms with Gasteiger partial charge in [0.25, 0.3) is 5.91 Å². The van der Waals surface area contributed by atoms with Crippen molar-refractivity contribution in [2.75, 3.05) is 0 Å². The first-order valence-corrected chi connectivity index (χ1v) is 7.49. The van der Waals surface area contributed by atoms with Crippen LogP contribution in [0.1, 0.15) is 44.7 Å². The summed E-state index contributed by atoms with van der Waals surface area (Å²) < 4.78 is 0. The van der Waals surface area contributed by atoms with Gasteiger partial charge in [-0.3, -0.25) is 9.69 Å². The van der Waals surface area contributed by atoms with E-state index < -0.39 is 5.54 Å². The number of rotatable bonds is 5. The van der Waals surface area contributed by atoms with Gasteiger partial charge in [0.05, 0.1) is 18.2 Å². The lowest BCUT2D eigenvalue weighted by atomic mass is 9.92. The van der Waals surface area contributed by atoms with E-state index in [0.717, 1.165) is 12.0 Å². The van der Waals surface area contributed by atoms with Crippen LogP contribution in [0.3, 0.4) is 0 Å². The molecule has 1 N–H and O–H groups in total. The van der Waals surface area contributed by atoms with Crippen molar-refractivity contribution in [2.45, 2.75) is 45.7 Å². The summed E-state index contributed by atoms with van der Waals surface area (Å²) in [4.78, 5) is 25.9. The highest BCUT2D eigenvalue weighted by molar-refractivity contribution is 6.06. The van der Waals surface area contributed by atoms with E-state index in [1.54, 1.807) is 31.2 Å². The Kier molecular flexibility index (Phi) is 4.51. The Balaban J connectivity index is 2.09. The van der Waals surface area contributed by atoms with Crippen LogP contribution < -0.4 is 5.32 Å². The SMILES string of the molecule is CC(C)CC[C@]1(C)NC(=O)N(Cc2ccc(C#N)cc2)C1=O. The maximum atomic E-state index is 12.6. The fraction of sp³-hybridized carbons (Fsp3) is 0.471. The molecular formula is C17H21N3O2. The summed E-state index contributed by atoms with van der Waals surface area (Å²) in [6.45, 7) is 6.21. The molecule has 1 saturated heterocycles. The highest BCUT2D eigenvalue weighted by Gasteiger charge is 2.47. The average Bonchev–Trinajstić information content (AvgIpc) is 2.70. The Morgan fingerprint density at radius 1 is 1.27 bits per heavy atom. The third-order valence-corrected chi connectivity index (χ3v) is 3.99. The molecule has 116 valence electrons. The van der Waals surface area contributed by atoms with Crippen LogP contribution in [0, 0.1) is 17.2 Å². The predicted octanol–water partition coefficient (Wildman–Crippen LogP) is 2.80. The first kappa shape index (κ1) is 16.0. The zero-order valence-corrected chi connectivity index (χ0v) is 13.2. The number of nitriles is 1. The number of carbonyl (C=O) groups excluding carboxylic acids is 2. The van der Waals surface area contributed by atoms with Crippen LogP contribution in [-0.4, -0.2) is 22.4 Å². The molecule has 1 aromatic carbocycles. The average molecular weight is 299 g/mol. The van der Waals surface area contributed by atoms with Crippen LogP contribution in [0.2, 0.25) is 0 Å². The quantitative estimate of drug-likeness (QED) is 0.850. The van der Waals surface area contributed by atoms with Gasteiger partial charge >= 0.3 is 6.03 Å². The van der Waals surface area contributed by atoms with Gasteiger partial charge in [-0.25, -0.2) is 4.79 Å². The number of amides is 3. The van der Waals surface area contributed by atoms with Gasteiger partial charge in [-0.05, 0) is 43.4 Å². The van der Waals surface area contributed by atoms with Crippen LogP contribution in [0.25, 0.3) is 0 Å². The highest BCUT2D eigenvalue weighted by Crippen LogP contribution is 2.26. The van der Waals surface area contributed by atoms with Gasteiger partial charge in [0.1, 0.15) is 5.54 Å². The molecule has 0 radical (unpaired) electrons. The molecule has 0 unspecified atom stereocenters. The summed E-state index contributed by atoms with van der Waals surface area (Å²) in [5.41, 5.74) is 0.576. The summed E-state index contributed by atoms with van der Waals surface area (Å²) in [6, 6.07) is 8.61. The molecule has 0 aromatic heterocycles. The third kappa shape index (κ3) is 3.28. The standard InChI is InChI=1S/C17H21N3O2/c1-12(2)8-9-17(3)15(21)20(16(22)19-17)11-14-6-4-13(10-18)5-7-14/h4-7,12H,8-9,11H2,1-3H3,(H,19,22)/t17-/m0/s1. The second-order valence-electron chi connectivity index (χ2n) is 6.39. The second-order valence-corrected chi connectivity index (χ2v) is 6.39. The molecular weight excluding hydrogens is 278 g/mol. The van der Waals surface area contributed by atoms with Crippen molar-refractivity contribution in [3.63, 3.8) is 0 Å². The maximum Gasteiger partial charge on any atom is 0.325 e. The largest absolute Gasteiger partial charge is 0.325 e. The van der Waals surface area contributed by atoms with E-state index in [1.807, 2.05) is 6.07 Å². The molecule has 0 spiro atoms. The molecule has 5 heteroatoms. The Hall–Kier alpha value is -2.35. The first-order chi connectivity index (χ1) is 10.4. The third-order valence-electron chi connectivity index (χ3n) is 3.99. The fourth-order valence-electron chi connectivity index (χ4n) is 2.50. The molecule has 1 aromatic rings. The van der Waals surface area contributed by atoms with Gasteiger partial charge in [-0.1, -0.05) is 26.0 Å². The summed E-state index contributed by atoms with van der Waals surface area (Å²) in [6.07, 6.45) is 1.52. The van der Waals surface area contributed by atoms with Gasteiger partial charge in [0, 0.05) is 0 Å². The predicted molar refractivity (Wildman–Crippen MR) is 82.7 cm³/mol. The molecule has 1 aliphatic rings. The van der Waals surface area contributed by atoms with Crippen molar-refractivity contribution in [1.82, 2.24) is 10.2 Å². The van der Waals surface area contributed by atoms with Crippen molar-refractivity contribution < 1.29 is 9.59 Å². The number of nitrogens with one attached hydrogen (secondary N) is 1. The summed E-state index contributed by atoms with van der Waals surface area (Å²) >= 11 is 0. The van der Waals surface area contributed by atoms with Gasteiger partial charge < -0.3 is 5.32 Å². The monoisotopic (exact) mass is 299 g/mol. The molecule has 22 heavy (non-hydrogen) atoms. The minimum atomic E-state index is -0.812. The lowest BCUT2D eigenvalue weighted by Crippen LogP contribution is -2.44. The van der Waals surface area contributed by atoms with Crippen LogP contribution in [0.5, 0.6) is 0 Å². The Bertz CT molecular complexity index is 616. The molecule has 1 aliphatic heterocycles. The van der Waals surface area contributed by atoms with Crippen LogP contribution in [-0.2, 0) is 11.3 Å². The number of hydrogen-bond acceptors (Lipinski definition) is 3. The normalized spacial score (nSPS) is 21.1. The lowest BCUT2D eigenvalue weighted by Gasteiger charge is -2.22. The first-order valence-electron chi connectivity index (χ1n) is 7.49. The van der Waals surface area contributed by atoms with Crippen LogP contribution in [0.4, 0.5) is 4.79 Å². The minimum Gasteiger partial charge on any atom is -0.323 e. The highest BCUT2D eigenvalue weighted by atomic mass is 16.2. The van der Waals surface area contributed by atoms with Crippen molar-refractivity contribution in [3.8, 4) is 6.07 Å². The molecule has 0 bridgehead atoms. The van der Waals surface area contributed by atoms with Gasteiger partial charge in [-0.2, -0.15) is 5.26 Å². The van der Waals surface area contributed by atoms with Crippen molar-refractivity contribution in [1.29, 1.82) is 5.26 Å². The van der Waals surface area contributed by atoms with E-state index in [4.69, 9.17) is 5.26 Å². The molecule has 2 rings (SSSR count). The van der Waals surface area contributed by atoms with E-state index in [-0.39, 0.29) is 18.5 Å². The summed E-state index contributed by atoms with van der Waals surface area (Å²) in [7, 11) is 0. The molecule has 1 heterocycles. The lowest BCUT2D eigenvalue weighted by molar-refractivity contribution is -0.131. The van der Waals surface area contributed by atoms with E-state index in [0.29, 0.717) is 17.9 Å².